The molecule has 2 aromatic carbocycles. The summed E-state index contributed by atoms with van der Waals surface area (Å²) in [5.74, 6) is -0.795. The van der Waals surface area contributed by atoms with Gasteiger partial charge in [-0.1, -0.05) is 48.5 Å². The Morgan fingerprint density at radius 2 is 1.64 bits per heavy atom. The number of H-pyrrole nitrogens is 1. The van der Waals surface area contributed by atoms with Gasteiger partial charge in [0.25, 0.3) is 5.91 Å². The van der Waals surface area contributed by atoms with Crippen molar-refractivity contribution in [1.82, 2.24) is 9.88 Å². The maximum absolute atomic E-state index is 12.8. The van der Waals surface area contributed by atoms with Crippen LogP contribution in [-0.2, 0) is 9.53 Å². The molecule has 5 heteroatoms. The standard InChI is InChI=1S/C20H20N2O3/c1-13-17(15-11-7-8-12-16(15)21-13)20(24)25-18(19(23)22(2)3)14-9-5-4-6-10-14/h4-12,18,21H,1-3H3. The molecule has 3 aromatic rings. The molecule has 0 saturated heterocycles. The van der Waals surface area contributed by atoms with Crippen LogP contribution in [0.25, 0.3) is 10.9 Å². The van der Waals surface area contributed by atoms with E-state index < -0.39 is 12.1 Å². The molecule has 25 heavy (non-hydrogen) atoms. The number of rotatable bonds is 4. The Labute approximate surface area is 146 Å². The van der Waals surface area contributed by atoms with Crippen LogP contribution in [0.15, 0.2) is 54.6 Å². The topological polar surface area (TPSA) is 62.4 Å². The van der Waals surface area contributed by atoms with E-state index in [1.54, 1.807) is 26.2 Å². The van der Waals surface area contributed by atoms with Crippen LogP contribution in [0.5, 0.6) is 0 Å². The van der Waals surface area contributed by atoms with E-state index in [4.69, 9.17) is 4.74 Å². The minimum Gasteiger partial charge on any atom is -0.444 e. The highest BCUT2D eigenvalue weighted by atomic mass is 16.5. The highest BCUT2D eigenvalue weighted by Gasteiger charge is 2.28. The average molecular weight is 336 g/mol. The summed E-state index contributed by atoms with van der Waals surface area (Å²) in [6, 6.07) is 16.6. The number of esters is 1. The van der Waals surface area contributed by atoms with Crippen LogP contribution in [0.3, 0.4) is 0 Å². The molecule has 1 atom stereocenters. The second-order valence-corrected chi connectivity index (χ2v) is 6.10. The Hall–Kier alpha value is -3.08. The Kier molecular flexibility index (Phi) is 4.57. The number of hydrogen-bond acceptors (Lipinski definition) is 3. The molecular formula is C20H20N2O3. The van der Waals surface area contributed by atoms with E-state index in [1.165, 1.54) is 4.90 Å². The fourth-order valence-electron chi connectivity index (χ4n) is 2.83. The molecule has 1 unspecified atom stereocenters. The van der Waals surface area contributed by atoms with Crippen LogP contribution >= 0.6 is 0 Å². The number of carbonyl (C=O) groups excluding carboxylic acids is 2. The molecule has 0 radical (unpaired) electrons. The van der Waals surface area contributed by atoms with Crippen LogP contribution in [0, 0.1) is 6.92 Å². The lowest BCUT2D eigenvalue weighted by Gasteiger charge is -2.21. The summed E-state index contributed by atoms with van der Waals surface area (Å²) < 4.78 is 5.64. The molecular weight excluding hydrogens is 316 g/mol. The molecule has 1 heterocycles. The van der Waals surface area contributed by atoms with Gasteiger partial charge in [0.2, 0.25) is 6.10 Å². The van der Waals surface area contributed by atoms with Gasteiger partial charge in [-0.05, 0) is 13.0 Å². The normalized spacial score (nSPS) is 12.0. The molecule has 0 aliphatic carbocycles. The predicted molar refractivity (Wildman–Crippen MR) is 96.3 cm³/mol. The van der Waals surface area contributed by atoms with Crippen molar-refractivity contribution in [3.63, 3.8) is 0 Å². The van der Waals surface area contributed by atoms with E-state index in [0.29, 0.717) is 11.1 Å². The molecule has 0 aliphatic rings. The largest absolute Gasteiger partial charge is 0.444 e. The van der Waals surface area contributed by atoms with E-state index in [-0.39, 0.29) is 5.91 Å². The first kappa shape index (κ1) is 16.8. The zero-order valence-electron chi connectivity index (χ0n) is 14.4. The zero-order chi connectivity index (χ0) is 18.0. The molecule has 0 aliphatic heterocycles. The third-order valence-electron chi connectivity index (χ3n) is 4.09. The van der Waals surface area contributed by atoms with Crippen LogP contribution in [-0.4, -0.2) is 35.9 Å². The summed E-state index contributed by atoms with van der Waals surface area (Å²) >= 11 is 0. The lowest BCUT2D eigenvalue weighted by atomic mass is 10.1. The number of aromatic nitrogens is 1. The number of benzene rings is 2. The van der Waals surface area contributed by atoms with Gasteiger partial charge in [-0.15, -0.1) is 0 Å². The lowest BCUT2D eigenvalue weighted by Crippen LogP contribution is -2.31. The third kappa shape index (κ3) is 3.26. The molecule has 0 bridgehead atoms. The maximum Gasteiger partial charge on any atom is 0.341 e. The SMILES string of the molecule is Cc1[nH]c2ccccc2c1C(=O)OC(C(=O)N(C)C)c1ccccc1. The molecule has 1 amide bonds. The van der Waals surface area contributed by atoms with Crippen molar-refractivity contribution in [3.8, 4) is 0 Å². The molecule has 0 fully saturated rings. The molecule has 128 valence electrons. The van der Waals surface area contributed by atoms with Crippen molar-refractivity contribution in [2.24, 2.45) is 0 Å². The number of fused-ring (bicyclic) bond motifs is 1. The van der Waals surface area contributed by atoms with E-state index in [2.05, 4.69) is 4.98 Å². The van der Waals surface area contributed by atoms with Gasteiger partial charge in [-0.3, -0.25) is 4.79 Å². The molecule has 0 spiro atoms. The second kappa shape index (κ2) is 6.81. The number of aryl methyl sites for hydroxylation is 1. The average Bonchev–Trinajstić information content (AvgIpc) is 2.95. The summed E-state index contributed by atoms with van der Waals surface area (Å²) in [6.45, 7) is 1.82. The van der Waals surface area contributed by atoms with Crippen molar-refractivity contribution in [2.75, 3.05) is 14.1 Å². The minimum atomic E-state index is -0.975. The molecule has 1 N–H and O–H groups in total. The molecule has 0 saturated carbocycles. The van der Waals surface area contributed by atoms with E-state index in [0.717, 1.165) is 16.6 Å². The van der Waals surface area contributed by atoms with Crippen molar-refractivity contribution in [3.05, 3.63) is 71.4 Å². The van der Waals surface area contributed by atoms with Crippen molar-refractivity contribution in [2.45, 2.75) is 13.0 Å². The van der Waals surface area contributed by atoms with Gasteiger partial charge in [-0.2, -0.15) is 0 Å². The van der Waals surface area contributed by atoms with E-state index >= 15 is 0 Å². The Morgan fingerprint density at radius 1 is 1.00 bits per heavy atom. The summed E-state index contributed by atoms with van der Waals surface area (Å²) in [6.07, 6.45) is -0.975. The molecule has 1 aromatic heterocycles. The number of para-hydroxylation sites is 1. The predicted octanol–water partition coefficient (Wildman–Crippen LogP) is 3.46. The highest BCUT2D eigenvalue weighted by molar-refractivity contribution is 6.06. The zero-order valence-corrected chi connectivity index (χ0v) is 14.4. The minimum absolute atomic E-state index is 0.281. The van der Waals surface area contributed by atoms with Crippen molar-refractivity contribution < 1.29 is 14.3 Å². The molecule has 3 rings (SSSR count). The Morgan fingerprint density at radius 3 is 2.32 bits per heavy atom. The van der Waals surface area contributed by atoms with E-state index in [9.17, 15) is 9.59 Å². The Bertz CT molecular complexity index is 913. The third-order valence-corrected chi connectivity index (χ3v) is 4.09. The van der Waals surface area contributed by atoms with Crippen LogP contribution in [0.1, 0.15) is 27.7 Å². The fraction of sp³-hybridized carbons (Fsp3) is 0.200. The monoisotopic (exact) mass is 336 g/mol. The summed E-state index contributed by atoms with van der Waals surface area (Å²) in [5, 5.41) is 0.786. The van der Waals surface area contributed by atoms with Crippen molar-refractivity contribution >= 4 is 22.8 Å². The number of nitrogens with one attached hydrogen (secondary N) is 1. The number of nitrogens with zero attached hydrogens (tertiary/aromatic N) is 1. The fourth-order valence-corrected chi connectivity index (χ4v) is 2.83. The first-order valence-electron chi connectivity index (χ1n) is 8.03. The van der Waals surface area contributed by atoms with Gasteiger partial charge in [0.05, 0.1) is 5.56 Å². The van der Waals surface area contributed by atoms with Crippen LogP contribution in [0.2, 0.25) is 0 Å². The van der Waals surface area contributed by atoms with Gasteiger partial charge in [0, 0.05) is 36.3 Å². The van der Waals surface area contributed by atoms with Gasteiger partial charge in [0.15, 0.2) is 0 Å². The van der Waals surface area contributed by atoms with Gasteiger partial charge in [0.1, 0.15) is 0 Å². The summed E-state index contributed by atoms with van der Waals surface area (Å²) in [5.41, 5.74) is 2.69. The first-order valence-corrected chi connectivity index (χ1v) is 8.03. The maximum atomic E-state index is 12.8. The number of aromatic amines is 1. The summed E-state index contributed by atoms with van der Waals surface area (Å²) in [7, 11) is 3.28. The van der Waals surface area contributed by atoms with E-state index in [1.807, 2.05) is 49.4 Å². The van der Waals surface area contributed by atoms with Gasteiger partial charge >= 0.3 is 5.97 Å². The number of ether oxygens (including phenoxy) is 1. The summed E-state index contributed by atoms with van der Waals surface area (Å²) in [4.78, 5) is 30.0. The highest BCUT2D eigenvalue weighted by Crippen LogP contribution is 2.26. The lowest BCUT2D eigenvalue weighted by molar-refractivity contribution is -0.138. The number of likely N-dealkylation sites (N-methyl/N-ethyl adjacent to an activating group) is 1. The van der Waals surface area contributed by atoms with Crippen LogP contribution in [0.4, 0.5) is 0 Å². The second-order valence-electron chi connectivity index (χ2n) is 6.10. The van der Waals surface area contributed by atoms with Gasteiger partial charge in [-0.25, -0.2) is 4.79 Å². The smallest absolute Gasteiger partial charge is 0.341 e. The number of amides is 1. The van der Waals surface area contributed by atoms with Crippen molar-refractivity contribution in [1.29, 1.82) is 0 Å². The Balaban J connectivity index is 1.97. The number of carbonyl (C=O) groups is 2. The quantitative estimate of drug-likeness (QED) is 0.742. The first-order chi connectivity index (χ1) is 12.0. The van der Waals surface area contributed by atoms with Gasteiger partial charge < -0.3 is 14.6 Å². The molecule has 5 nitrogen and oxygen atoms in total. The number of hydrogen-bond donors (Lipinski definition) is 1. The van der Waals surface area contributed by atoms with Crippen LogP contribution < -0.4 is 0 Å².